The SMILES string of the molecule is CCCC[C@H]1C(=O)N2C[C@H](O)C[C@@H]2C(=O)N[C@@H](CC(=O)O)C(=O)N[C@@H](C(C)C)C(=O)N(C)[C@H](Cc2ccccc2)C(=O)N[C@@H](Cc2ccc(O)cc2)C(=O)N2CCC[C@@H]2C(=O)N[C@@H](Cc2c[nH]c3ccccc23)C(=O)N[C@@H](Cc2ccc(O)cc2)C(=O)N[C@H](CCOC)C(=O)N[C@H](C(=O)NCC(N)=O)CSCC(=O)N[C@H](Cc2cc(F)c(F)c(F)c2)C(=O)N(C)[C@@H](Cc2ccccc2)C(=O)N1C. The maximum absolute atomic E-state index is 15.8. The van der Waals surface area contributed by atoms with E-state index >= 15 is 51.9 Å². The zero-order valence-electron chi connectivity index (χ0n) is 76.8. The minimum absolute atomic E-state index is 0.0156. The minimum atomic E-state index is -2.04. The average Bonchev–Trinajstić information content (AvgIpc) is 1.68. The third kappa shape index (κ3) is 28.8. The number of methoxy groups -OCH3 is 1. The molecule has 3 fully saturated rings. The van der Waals surface area contributed by atoms with E-state index in [4.69, 9.17) is 10.5 Å². The number of likely N-dealkylation sites (N-methyl/N-ethyl adjacent to an activating group) is 3. The first kappa shape index (κ1) is 105. The number of aliphatic hydroxyl groups is 1. The lowest BCUT2D eigenvalue weighted by Crippen LogP contribution is -2.62. The quantitative estimate of drug-likeness (QED) is 0.0383. The number of carboxylic acid groups (broad SMARTS) is 1. The maximum Gasteiger partial charge on any atom is 0.305 e. The van der Waals surface area contributed by atoms with Gasteiger partial charge in [0.15, 0.2) is 17.5 Å². The van der Waals surface area contributed by atoms with E-state index < -0.39 is 246 Å². The van der Waals surface area contributed by atoms with Gasteiger partial charge >= 0.3 is 5.97 Å². The van der Waals surface area contributed by atoms with E-state index in [-0.39, 0.29) is 94.4 Å². The number of aromatic hydroxyl groups is 2. The molecule has 734 valence electrons. The number of hydrogen-bond acceptors (Lipinski definition) is 21. The number of rotatable bonds is 24. The van der Waals surface area contributed by atoms with Crippen LogP contribution in [0.25, 0.3) is 10.9 Å². The molecule has 4 heterocycles. The van der Waals surface area contributed by atoms with Crippen LogP contribution >= 0.6 is 11.8 Å². The number of nitrogens with zero attached hydrogens (tertiary/aromatic N) is 5. The lowest BCUT2D eigenvalue weighted by atomic mass is 9.98. The van der Waals surface area contributed by atoms with Gasteiger partial charge in [-0.1, -0.05) is 137 Å². The topological polar surface area (TPSA) is 530 Å². The molecule has 7 aromatic rings. The number of halogens is 3. The fourth-order valence-corrected chi connectivity index (χ4v) is 17.7. The zero-order chi connectivity index (χ0) is 99.6. The molecule has 0 aliphatic carbocycles. The predicted octanol–water partition coefficient (Wildman–Crippen LogP) is 1.77. The molecular weight excluding hydrogens is 1800 g/mol. The number of hydrogen-bond donors (Lipinski definition) is 15. The van der Waals surface area contributed by atoms with Gasteiger partial charge in [0.1, 0.15) is 90.0 Å². The summed E-state index contributed by atoms with van der Waals surface area (Å²) in [4.78, 5) is 247. The number of phenols is 2. The van der Waals surface area contributed by atoms with E-state index in [0.717, 1.165) is 26.6 Å². The number of unbranched alkanes of at least 4 members (excludes halogenated alkanes) is 1. The van der Waals surface area contributed by atoms with Crippen LogP contribution in [0.15, 0.2) is 152 Å². The Labute approximate surface area is 792 Å². The molecule has 41 heteroatoms. The van der Waals surface area contributed by atoms with Gasteiger partial charge in [-0.05, 0) is 107 Å². The molecule has 1 aromatic heterocycles. The Kier molecular flexibility index (Phi) is 38.0. The van der Waals surface area contributed by atoms with Crippen LogP contribution in [0, 0.1) is 23.4 Å². The third-order valence-corrected chi connectivity index (χ3v) is 25.4. The number of aromatic nitrogens is 1. The maximum atomic E-state index is 15.8. The molecule has 3 aliphatic heterocycles. The number of H-pyrrole nitrogens is 1. The second-order valence-corrected chi connectivity index (χ2v) is 35.7. The number of ether oxygens (including phenoxy) is 1. The number of fused-ring (bicyclic) bond motifs is 3. The van der Waals surface area contributed by atoms with Crippen LogP contribution in [0.4, 0.5) is 13.2 Å². The van der Waals surface area contributed by atoms with Crippen LogP contribution in [-0.2, 0) is 120 Å². The Morgan fingerprint density at radius 2 is 1.04 bits per heavy atom. The number of aliphatic carboxylic acids is 1. The monoisotopic (exact) mass is 1920 g/mol. The highest BCUT2D eigenvalue weighted by Crippen LogP contribution is 2.29. The number of aromatic amines is 1. The fraction of sp³-hybridized carbons (Fsp3) is 0.438. The summed E-state index contributed by atoms with van der Waals surface area (Å²) >= 11 is 0.641. The summed E-state index contributed by atoms with van der Waals surface area (Å²) in [6.07, 6.45) is -3.54. The highest BCUT2D eigenvalue weighted by Gasteiger charge is 2.48. The predicted molar refractivity (Wildman–Crippen MR) is 495 cm³/mol. The van der Waals surface area contributed by atoms with E-state index in [0.29, 0.717) is 69.0 Å². The molecule has 16 N–H and O–H groups in total. The second-order valence-electron chi connectivity index (χ2n) is 34.7. The summed E-state index contributed by atoms with van der Waals surface area (Å²) in [6.45, 7) is 3.12. The van der Waals surface area contributed by atoms with Gasteiger partial charge in [-0.2, -0.15) is 0 Å². The van der Waals surface area contributed by atoms with Gasteiger partial charge in [0.2, 0.25) is 88.6 Å². The molecule has 0 saturated carbocycles. The lowest BCUT2D eigenvalue weighted by Gasteiger charge is -2.38. The highest BCUT2D eigenvalue weighted by molar-refractivity contribution is 8.00. The lowest BCUT2D eigenvalue weighted by molar-refractivity contribution is -0.152. The van der Waals surface area contributed by atoms with Crippen LogP contribution in [0.3, 0.4) is 0 Å². The molecule has 37 nitrogen and oxygen atoms in total. The van der Waals surface area contributed by atoms with Crippen molar-refractivity contribution in [2.24, 2.45) is 11.7 Å². The number of benzene rings is 6. The average molecular weight is 1920 g/mol. The normalized spacial score (nSPS) is 23.7. The van der Waals surface area contributed by atoms with Gasteiger partial charge in [0.25, 0.3) is 0 Å². The molecular formula is C96H117F3N16O21S. The number of carbonyl (C=O) groups is 16. The van der Waals surface area contributed by atoms with Gasteiger partial charge < -0.3 is 108 Å². The first-order valence-corrected chi connectivity index (χ1v) is 46.1. The molecule has 0 spiro atoms. The number of phenolic OH excluding ortho intramolecular Hbond substituents is 2. The number of nitrogens with one attached hydrogen (secondary N) is 10. The molecule has 6 aromatic carbocycles. The number of primary amides is 1. The molecule has 3 aliphatic rings. The van der Waals surface area contributed by atoms with Crippen molar-refractivity contribution in [3.63, 3.8) is 0 Å². The van der Waals surface area contributed by atoms with Gasteiger partial charge in [0, 0.05) is 116 Å². The number of carbonyl (C=O) groups excluding carboxylic acids is 15. The van der Waals surface area contributed by atoms with Gasteiger partial charge in [-0.15, -0.1) is 11.8 Å². The van der Waals surface area contributed by atoms with Crippen molar-refractivity contribution in [1.29, 1.82) is 0 Å². The Bertz CT molecular complexity index is 5470. The Morgan fingerprint density at radius 3 is 1.64 bits per heavy atom. The van der Waals surface area contributed by atoms with Crippen molar-refractivity contribution in [2.75, 3.05) is 66.0 Å². The van der Waals surface area contributed by atoms with Crippen molar-refractivity contribution in [3.05, 3.63) is 203 Å². The number of amides is 15. The Hall–Kier alpha value is -14.0. The summed E-state index contributed by atoms with van der Waals surface area (Å²) in [5.74, 6) is -24.7. The molecule has 14 atom stereocenters. The summed E-state index contributed by atoms with van der Waals surface area (Å²) in [5, 5.41) is 66.8. The van der Waals surface area contributed by atoms with E-state index in [1.54, 1.807) is 98.0 Å². The smallest absolute Gasteiger partial charge is 0.305 e. The number of thioether (sulfide) groups is 1. The van der Waals surface area contributed by atoms with Crippen LogP contribution in [0.5, 0.6) is 11.5 Å². The molecule has 0 bridgehead atoms. The summed E-state index contributed by atoms with van der Waals surface area (Å²) in [5.41, 5.74) is 7.79. The van der Waals surface area contributed by atoms with Crippen LogP contribution in [0.1, 0.15) is 106 Å². The Morgan fingerprint density at radius 1 is 0.533 bits per heavy atom. The molecule has 3 saturated heterocycles. The van der Waals surface area contributed by atoms with Crippen molar-refractivity contribution >= 4 is 117 Å². The van der Waals surface area contributed by atoms with E-state index in [1.165, 1.54) is 88.5 Å². The number of para-hydroxylation sites is 1. The zero-order valence-corrected chi connectivity index (χ0v) is 77.6. The van der Waals surface area contributed by atoms with Crippen molar-refractivity contribution in [3.8, 4) is 11.5 Å². The van der Waals surface area contributed by atoms with Crippen LogP contribution in [0.2, 0.25) is 0 Å². The first-order valence-electron chi connectivity index (χ1n) is 45.0. The van der Waals surface area contributed by atoms with Crippen LogP contribution < -0.4 is 53.6 Å². The summed E-state index contributed by atoms with van der Waals surface area (Å²) in [7, 11) is 4.93. The summed E-state index contributed by atoms with van der Waals surface area (Å²) < 4.78 is 50.5. The molecule has 0 unspecified atom stereocenters. The standard InChI is InChI=1S/C96H117F3N16O21S/c1-8-9-25-75-95(134)115-50-62(118)46-77(115)91(130)107-70(47-81(121)122)88(127)110-83(53(2)3)96(135)112(5)76(43-54-19-12-10-13-20-54)90(129)108-72(41-57-29-33-61(117)34-30-57)93(132)114-36-18-26-74(114)89(128)106-69(45-59-48-101-66-24-17-16-23-63(59)66)87(126)105-68(40-56-27-31-60(116)32-28-56)86(125)104-67(35-37-136-7)85(124)109-73(84(123)102-49-79(100)119)51-137-52-80(120)103-71(42-58-38-64(97)82(99)65(98)39-58)92(131)113(6)78(94(133)111(75)4)44-55-21-14-11-15-22-55/h10-17,19-24,27-34,38-39,48,53,62,67-78,83,101,116-118H,8-9,18,25-26,35-37,40-47,49-52H2,1-7H3,(H2,100,119)(H,102,123)(H,103,120)(H,104,125)(H,105,126)(H,106,128)(H,107,130)(H,108,129)(H,109,124)(H,110,127)(H,121,122)/t62-,67-,68+,69+,70+,71-,72+,73+,74-,75+,76-,77-,78+,83+/m1/s1. The van der Waals surface area contributed by atoms with Gasteiger partial charge in [-0.3, -0.25) is 76.7 Å². The second kappa shape index (κ2) is 49.5. The first-order chi connectivity index (χ1) is 65.3. The fourth-order valence-electron chi connectivity index (χ4n) is 16.8. The molecule has 15 amide bonds. The van der Waals surface area contributed by atoms with E-state index in [1.807, 2.05) is 0 Å². The Balaban J connectivity index is 1.06. The summed E-state index contributed by atoms with van der Waals surface area (Å²) in [6, 6.07) is 14.0. The van der Waals surface area contributed by atoms with Gasteiger partial charge in [-0.25, -0.2) is 13.2 Å². The largest absolute Gasteiger partial charge is 0.508 e. The number of nitrogens with two attached hydrogens (primary N) is 1. The number of carboxylic acids is 1. The minimum Gasteiger partial charge on any atom is -0.508 e. The molecule has 137 heavy (non-hydrogen) atoms. The van der Waals surface area contributed by atoms with E-state index in [9.17, 15) is 58.4 Å². The van der Waals surface area contributed by atoms with Crippen LogP contribution in [-0.4, -0.2) is 295 Å². The third-order valence-electron chi connectivity index (χ3n) is 24.3. The van der Waals surface area contributed by atoms with Gasteiger partial charge in [0.05, 0.1) is 24.8 Å². The molecule has 0 radical (unpaired) electrons. The van der Waals surface area contributed by atoms with E-state index in [2.05, 4.69) is 52.8 Å². The number of aliphatic hydroxyl groups excluding tert-OH is 1. The highest BCUT2D eigenvalue weighted by atomic mass is 32.2. The van der Waals surface area contributed by atoms with Crippen molar-refractivity contribution in [2.45, 2.75) is 195 Å². The molecule has 10 rings (SSSR count). The van der Waals surface area contributed by atoms with Crippen molar-refractivity contribution < 1.29 is 115 Å². The van der Waals surface area contributed by atoms with Crippen molar-refractivity contribution in [1.82, 2.24) is 77.3 Å².